The van der Waals surface area contributed by atoms with E-state index in [1.807, 2.05) is 43.1 Å². The molecule has 0 radical (unpaired) electrons. The molecule has 0 aliphatic rings. The van der Waals surface area contributed by atoms with E-state index >= 15 is 0 Å². The first-order chi connectivity index (χ1) is 8.58. The fourth-order valence-electron chi connectivity index (χ4n) is 1.73. The number of anilines is 2. The summed E-state index contributed by atoms with van der Waals surface area (Å²) < 4.78 is 0. The van der Waals surface area contributed by atoms with Gasteiger partial charge in [-0.2, -0.15) is 0 Å². The van der Waals surface area contributed by atoms with Crippen molar-refractivity contribution in [3.05, 3.63) is 53.9 Å². The third kappa shape index (κ3) is 2.48. The van der Waals surface area contributed by atoms with Crippen LogP contribution in [0.2, 0.25) is 0 Å². The molecule has 0 saturated carbocycles. The number of nitrogens with zero attached hydrogens (tertiary/aromatic N) is 2. The molecule has 18 heavy (non-hydrogen) atoms. The minimum atomic E-state index is -1.02. The molecule has 1 heterocycles. The second-order valence-electron chi connectivity index (χ2n) is 4.10. The van der Waals surface area contributed by atoms with Crippen LogP contribution in [0.3, 0.4) is 0 Å². The van der Waals surface area contributed by atoms with Crippen molar-refractivity contribution in [2.24, 2.45) is 0 Å². The van der Waals surface area contributed by atoms with Crippen molar-refractivity contribution in [1.29, 1.82) is 0 Å². The molecule has 0 spiro atoms. The fourth-order valence-corrected chi connectivity index (χ4v) is 1.73. The van der Waals surface area contributed by atoms with E-state index in [0.717, 1.165) is 16.9 Å². The highest BCUT2D eigenvalue weighted by molar-refractivity contribution is 5.86. The topological polar surface area (TPSA) is 53.4 Å². The van der Waals surface area contributed by atoms with E-state index in [2.05, 4.69) is 4.98 Å². The van der Waals surface area contributed by atoms with Gasteiger partial charge >= 0.3 is 5.97 Å². The van der Waals surface area contributed by atoms with Gasteiger partial charge in [0.25, 0.3) is 0 Å². The Morgan fingerprint density at radius 1 is 1.22 bits per heavy atom. The number of carbonyl (C=O) groups is 1. The maximum atomic E-state index is 10.9. The number of pyridine rings is 1. The summed E-state index contributed by atoms with van der Waals surface area (Å²) in [6, 6.07) is 11.4. The van der Waals surface area contributed by atoms with E-state index in [-0.39, 0.29) is 5.69 Å². The summed E-state index contributed by atoms with van der Waals surface area (Å²) in [5, 5.41) is 8.92. The van der Waals surface area contributed by atoms with Gasteiger partial charge in [0.05, 0.1) is 0 Å². The molecule has 1 N–H and O–H groups in total. The van der Waals surface area contributed by atoms with Gasteiger partial charge in [0.1, 0.15) is 5.69 Å². The van der Waals surface area contributed by atoms with Crippen LogP contribution in [0.4, 0.5) is 11.4 Å². The Morgan fingerprint density at radius 2 is 1.94 bits per heavy atom. The average Bonchev–Trinajstić information content (AvgIpc) is 2.38. The smallest absolute Gasteiger partial charge is 0.354 e. The maximum absolute atomic E-state index is 10.9. The third-order valence-corrected chi connectivity index (χ3v) is 2.74. The summed E-state index contributed by atoms with van der Waals surface area (Å²) in [4.78, 5) is 16.6. The number of carboxylic acid groups (broad SMARTS) is 1. The van der Waals surface area contributed by atoms with E-state index in [1.165, 1.54) is 6.20 Å². The number of aryl methyl sites for hydroxylation is 1. The van der Waals surface area contributed by atoms with Gasteiger partial charge in [-0.1, -0.05) is 12.1 Å². The minimum Gasteiger partial charge on any atom is -0.477 e. The van der Waals surface area contributed by atoms with Crippen molar-refractivity contribution >= 4 is 17.3 Å². The van der Waals surface area contributed by atoms with Crippen LogP contribution in [0.5, 0.6) is 0 Å². The lowest BCUT2D eigenvalue weighted by atomic mass is 10.2. The number of aromatic carboxylic acids is 1. The van der Waals surface area contributed by atoms with Crippen LogP contribution in [0.25, 0.3) is 0 Å². The largest absolute Gasteiger partial charge is 0.477 e. The molecule has 92 valence electrons. The summed E-state index contributed by atoms with van der Waals surface area (Å²) in [5.74, 6) is -1.02. The zero-order valence-electron chi connectivity index (χ0n) is 10.3. The first kappa shape index (κ1) is 12.1. The summed E-state index contributed by atoms with van der Waals surface area (Å²) in [5.41, 5.74) is 3.02. The second kappa shape index (κ2) is 4.87. The number of hydrogen-bond acceptors (Lipinski definition) is 3. The zero-order chi connectivity index (χ0) is 13.1. The molecule has 1 aromatic carbocycles. The highest BCUT2D eigenvalue weighted by Gasteiger charge is 2.09. The van der Waals surface area contributed by atoms with Crippen molar-refractivity contribution in [3.8, 4) is 0 Å². The lowest BCUT2D eigenvalue weighted by Crippen LogP contribution is -2.11. The van der Waals surface area contributed by atoms with Gasteiger partial charge in [-0.3, -0.25) is 0 Å². The molecule has 0 aliphatic heterocycles. The molecule has 0 aliphatic carbocycles. The molecule has 0 bridgehead atoms. The third-order valence-electron chi connectivity index (χ3n) is 2.74. The summed E-state index contributed by atoms with van der Waals surface area (Å²) in [7, 11) is 1.90. The Balaban J connectivity index is 2.36. The first-order valence-corrected chi connectivity index (χ1v) is 5.57. The van der Waals surface area contributed by atoms with Crippen molar-refractivity contribution in [3.63, 3.8) is 0 Å². The SMILES string of the molecule is Cc1cccc(N(C)c2ccnc(C(=O)O)c2)c1. The van der Waals surface area contributed by atoms with Gasteiger partial charge in [0.15, 0.2) is 0 Å². The number of rotatable bonds is 3. The molecule has 0 unspecified atom stereocenters. The summed E-state index contributed by atoms with van der Waals surface area (Å²) in [6.45, 7) is 2.02. The lowest BCUT2D eigenvalue weighted by molar-refractivity contribution is 0.0690. The predicted octanol–water partition coefficient (Wildman–Crippen LogP) is 2.86. The fraction of sp³-hybridized carbons (Fsp3) is 0.143. The molecular weight excluding hydrogens is 228 g/mol. The Hall–Kier alpha value is -2.36. The molecule has 4 heteroatoms. The number of carboxylic acids is 1. The number of aromatic nitrogens is 1. The highest BCUT2D eigenvalue weighted by Crippen LogP contribution is 2.24. The van der Waals surface area contributed by atoms with Crippen LogP contribution in [-0.4, -0.2) is 23.1 Å². The average molecular weight is 242 g/mol. The molecule has 1 aromatic heterocycles. The maximum Gasteiger partial charge on any atom is 0.354 e. The van der Waals surface area contributed by atoms with E-state index in [0.29, 0.717) is 0 Å². The highest BCUT2D eigenvalue weighted by atomic mass is 16.4. The molecule has 4 nitrogen and oxygen atoms in total. The summed E-state index contributed by atoms with van der Waals surface area (Å²) >= 11 is 0. The first-order valence-electron chi connectivity index (χ1n) is 5.57. The van der Waals surface area contributed by atoms with Gasteiger partial charge in [0, 0.05) is 24.6 Å². The summed E-state index contributed by atoms with van der Waals surface area (Å²) in [6.07, 6.45) is 1.51. The van der Waals surface area contributed by atoms with Crippen LogP contribution in [0.15, 0.2) is 42.6 Å². The van der Waals surface area contributed by atoms with Crippen LogP contribution in [-0.2, 0) is 0 Å². The van der Waals surface area contributed by atoms with Gasteiger partial charge in [-0.25, -0.2) is 9.78 Å². The normalized spacial score (nSPS) is 10.1. The van der Waals surface area contributed by atoms with E-state index in [9.17, 15) is 4.79 Å². The quantitative estimate of drug-likeness (QED) is 0.899. The Morgan fingerprint density at radius 3 is 2.61 bits per heavy atom. The number of benzene rings is 1. The molecule has 0 saturated heterocycles. The molecule has 2 aromatic rings. The second-order valence-corrected chi connectivity index (χ2v) is 4.10. The Kier molecular flexibility index (Phi) is 3.28. The molecule has 0 amide bonds. The standard InChI is InChI=1S/C14H14N2O2/c1-10-4-3-5-11(8-10)16(2)12-6-7-15-13(9-12)14(17)18/h3-9H,1-2H3,(H,17,18). The minimum absolute atomic E-state index is 0.0482. The monoisotopic (exact) mass is 242 g/mol. The van der Waals surface area contributed by atoms with Gasteiger partial charge in [-0.15, -0.1) is 0 Å². The van der Waals surface area contributed by atoms with Crippen LogP contribution in [0.1, 0.15) is 16.1 Å². The van der Waals surface area contributed by atoms with E-state index < -0.39 is 5.97 Å². The van der Waals surface area contributed by atoms with Crippen molar-refractivity contribution in [1.82, 2.24) is 4.98 Å². The van der Waals surface area contributed by atoms with E-state index in [4.69, 9.17) is 5.11 Å². The van der Waals surface area contributed by atoms with E-state index in [1.54, 1.807) is 12.1 Å². The van der Waals surface area contributed by atoms with Crippen molar-refractivity contribution in [2.45, 2.75) is 6.92 Å². The van der Waals surface area contributed by atoms with Gasteiger partial charge in [-0.05, 0) is 36.8 Å². The van der Waals surface area contributed by atoms with Crippen LogP contribution >= 0.6 is 0 Å². The number of hydrogen-bond donors (Lipinski definition) is 1. The molecule has 0 fully saturated rings. The van der Waals surface area contributed by atoms with Gasteiger partial charge < -0.3 is 10.0 Å². The molecule has 0 atom stereocenters. The van der Waals surface area contributed by atoms with Crippen molar-refractivity contribution < 1.29 is 9.90 Å². The Bertz CT molecular complexity index is 582. The molecule has 2 rings (SSSR count). The lowest BCUT2D eigenvalue weighted by Gasteiger charge is -2.20. The van der Waals surface area contributed by atoms with Crippen molar-refractivity contribution in [2.75, 3.05) is 11.9 Å². The van der Waals surface area contributed by atoms with Crippen LogP contribution in [0, 0.1) is 6.92 Å². The predicted molar refractivity (Wildman–Crippen MR) is 70.4 cm³/mol. The molecular formula is C14H14N2O2. The van der Waals surface area contributed by atoms with Gasteiger partial charge in [0.2, 0.25) is 0 Å². The Labute approximate surface area is 106 Å². The zero-order valence-corrected chi connectivity index (χ0v) is 10.3. The van der Waals surface area contributed by atoms with Crippen LogP contribution < -0.4 is 4.90 Å².